The standard InChI is InChI=1S/C20H20ClFN2O3/c1-12(2)19(13-3-6-15(22)7-4-13)23-18(25)9-10-24-16-8-5-14(21)11-17(16)27-20(24)26/h3-8,11-12,19H,9-10H2,1-2H3,(H,23,25)/t19-/m1/s1. The second-order valence-corrected chi connectivity index (χ2v) is 7.16. The molecule has 0 spiro atoms. The zero-order valence-corrected chi connectivity index (χ0v) is 15.8. The molecule has 0 aliphatic carbocycles. The molecule has 3 rings (SSSR count). The molecule has 0 fully saturated rings. The van der Waals surface area contributed by atoms with Crippen LogP contribution < -0.4 is 11.1 Å². The Morgan fingerprint density at radius 2 is 1.93 bits per heavy atom. The van der Waals surface area contributed by atoms with E-state index in [1.807, 2.05) is 13.8 Å². The fourth-order valence-electron chi connectivity index (χ4n) is 3.02. The Hall–Kier alpha value is -2.60. The topological polar surface area (TPSA) is 64.2 Å². The highest BCUT2D eigenvalue weighted by Crippen LogP contribution is 2.22. The molecular weight excluding hydrogens is 371 g/mol. The quantitative estimate of drug-likeness (QED) is 0.682. The van der Waals surface area contributed by atoms with Crippen LogP contribution in [0.4, 0.5) is 4.39 Å². The molecule has 1 aromatic heterocycles. The number of hydrogen-bond donors (Lipinski definition) is 1. The molecule has 0 saturated heterocycles. The van der Waals surface area contributed by atoms with E-state index in [1.54, 1.807) is 30.3 Å². The molecule has 0 unspecified atom stereocenters. The Kier molecular flexibility index (Phi) is 5.65. The van der Waals surface area contributed by atoms with Crippen molar-refractivity contribution in [3.63, 3.8) is 0 Å². The summed E-state index contributed by atoms with van der Waals surface area (Å²) in [6.45, 7) is 4.14. The fourth-order valence-corrected chi connectivity index (χ4v) is 3.18. The lowest BCUT2D eigenvalue weighted by atomic mass is 9.96. The van der Waals surface area contributed by atoms with E-state index >= 15 is 0 Å². The molecule has 1 N–H and O–H groups in total. The van der Waals surface area contributed by atoms with Crippen LogP contribution in [0.5, 0.6) is 0 Å². The zero-order valence-electron chi connectivity index (χ0n) is 15.0. The predicted octanol–water partition coefficient (Wildman–Crippen LogP) is 4.29. The van der Waals surface area contributed by atoms with E-state index in [-0.39, 0.29) is 36.6 Å². The minimum atomic E-state index is -0.529. The van der Waals surface area contributed by atoms with Crippen LogP contribution in [0.2, 0.25) is 5.02 Å². The van der Waals surface area contributed by atoms with Gasteiger partial charge in [0.25, 0.3) is 0 Å². The number of hydrogen-bond acceptors (Lipinski definition) is 3. The molecule has 0 radical (unpaired) electrons. The number of nitrogens with one attached hydrogen (secondary N) is 1. The molecule has 0 bridgehead atoms. The number of aromatic nitrogens is 1. The number of amides is 1. The van der Waals surface area contributed by atoms with Crippen molar-refractivity contribution < 1.29 is 13.6 Å². The third-order valence-electron chi connectivity index (χ3n) is 4.41. The van der Waals surface area contributed by atoms with Gasteiger partial charge in [0.05, 0.1) is 11.6 Å². The maximum Gasteiger partial charge on any atom is 0.419 e. The molecule has 0 aliphatic rings. The van der Waals surface area contributed by atoms with E-state index in [0.717, 1.165) is 5.56 Å². The average molecular weight is 391 g/mol. The molecule has 3 aromatic rings. The van der Waals surface area contributed by atoms with Gasteiger partial charge in [0, 0.05) is 24.1 Å². The molecule has 27 heavy (non-hydrogen) atoms. The van der Waals surface area contributed by atoms with Gasteiger partial charge < -0.3 is 9.73 Å². The monoisotopic (exact) mass is 390 g/mol. The number of fused-ring (bicyclic) bond motifs is 1. The van der Waals surface area contributed by atoms with Crippen molar-refractivity contribution in [2.75, 3.05) is 0 Å². The van der Waals surface area contributed by atoms with Crippen molar-refractivity contribution >= 4 is 28.6 Å². The van der Waals surface area contributed by atoms with Crippen LogP contribution in [0, 0.1) is 11.7 Å². The van der Waals surface area contributed by atoms with Crippen molar-refractivity contribution in [3.05, 3.63) is 69.4 Å². The third-order valence-corrected chi connectivity index (χ3v) is 4.64. The maximum absolute atomic E-state index is 13.1. The summed E-state index contributed by atoms with van der Waals surface area (Å²) in [4.78, 5) is 24.5. The average Bonchev–Trinajstić information content (AvgIpc) is 2.92. The molecule has 142 valence electrons. The van der Waals surface area contributed by atoms with Crippen molar-refractivity contribution in [1.29, 1.82) is 0 Å². The minimum absolute atomic E-state index is 0.113. The van der Waals surface area contributed by atoms with Gasteiger partial charge in [-0.25, -0.2) is 9.18 Å². The van der Waals surface area contributed by atoms with E-state index < -0.39 is 5.76 Å². The Balaban J connectivity index is 1.71. The summed E-state index contributed by atoms with van der Waals surface area (Å²) in [5.41, 5.74) is 1.82. The highest BCUT2D eigenvalue weighted by Gasteiger charge is 2.19. The van der Waals surface area contributed by atoms with Crippen LogP contribution in [-0.2, 0) is 11.3 Å². The Morgan fingerprint density at radius 1 is 1.22 bits per heavy atom. The summed E-state index contributed by atoms with van der Waals surface area (Å²) in [6, 6.07) is 10.8. The first-order valence-corrected chi connectivity index (χ1v) is 9.06. The van der Waals surface area contributed by atoms with Crippen LogP contribution in [0.1, 0.15) is 31.9 Å². The lowest BCUT2D eigenvalue weighted by molar-refractivity contribution is -0.122. The number of nitrogens with zero attached hydrogens (tertiary/aromatic N) is 1. The number of carbonyl (C=O) groups excluding carboxylic acids is 1. The number of rotatable bonds is 6. The summed E-state index contributed by atoms with van der Waals surface area (Å²) in [5, 5.41) is 3.44. The van der Waals surface area contributed by atoms with Crippen molar-refractivity contribution in [1.82, 2.24) is 9.88 Å². The Bertz CT molecular complexity index is 1010. The predicted molar refractivity (Wildman–Crippen MR) is 102 cm³/mol. The summed E-state index contributed by atoms with van der Waals surface area (Å²) >= 11 is 5.90. The van der Waals surface area contributed by atoms with E-state index in [4.69, 9.17) is 16.0 Å². The lowest BCUT2D eigenvalue weighted by Crippen LogP contribution is -2.32. The fraction of sp³-hybridized carbons (Fsp3) is 0.300. The largest absolute Gasteiger partial charge is 0.419 e. The second kappa shape index (κ2) is 7.96. The van der Waals surface area contributed by atoms with Crippen LogP contribution in [0.15, 0.2) is 51.7 Å². The van der Waals surface area contributed by atoms with Crippen molar-refractivity contribution in [2.24, 2.45) is 5.92 Å². The number of aryl methyl sites for hydroxylation is 1. The molecule has 0 aliphatic heterocycles. The highest BCUT2D eigenvalue weighted by molar-refractivity contribution is 6.31. The van der Waals surface area contributed by atoms with Gasteiger partial charge in [0.1, 0.15) is 5.82 Å². The number of carbonyl (C=O) groups is 1. The van der Waals surface area contributed by atoms with Gasteiger partial charge in [-0.3, -0.25) is 9.36 Å². The van der Waals surface area contributed by atoms with Crippen LogP contribution >= 0.6 is 11.6 Å². The highest BCUT2D eigenvalue weighted by atomic mass is 35.5. The van der Waals surface area contributed by atoms with Gasteiger partial charge in [-0.2, -0.15) is 0 Å². The lowest BCUT2D eigenvalue weighted by Gasteiger charge is -2.23. The van der Waals surface area contributed by atoms with Gasteiger partial charge in [-0.15, -0.1) is 0 Å². The molecule has 0 saturated carbocycles. The normalized spacial score (nSPS) is 12.5. The summed E-state index contributed by atoms with van der Waals surface area (Å²) in [7, 11) is 0. The van der Waals surface area contributed by atoms with Gasteiger partial charge in [0.2, 0.25) is 5.91 Å². The van der Waals surface area contributed by atoms with Crippen LogP contribution in [0.25, 0.3) is 11.1 Å². The van der Waals surface area contributed by atoms with E-state index in [9.17, 15) is 14.0 Å². The summed E-state index contributed by atoms with van der Waals surface area (Å²) < 4.78 is 19.7. The first-order chi connectivity index (χ1) is 12.8. The molecule has 5 nitrogen and oxygen atoms in total. The number of oxazole rings is 1. The maximum atomic E-state index is 13.1. The van der Waals surface area contributed by atoms with Gasteiger partial charge in [-0.05, 0) is 35.7 Å². The van der Waals surface area contributed by atoms with Crippen molar-refractivity contribution in [2.45, 2.75) is 32.9 Å². The molecule has 1 amide bonds. The number of halogens is 2. The first-order valence-electron chi connectivity index (χ1n) is 8.69. The Labute approximate surface area is 160 Å². The van der Waals surface area contributed by atoms with E-state index in [0.29, 0.717) is 16.1 Å². The summed E-state index contributed by atoms with van der Waals surface area (Å²) in [6.07, 6.45) is 0.113. The smallest absolute Gasteiger partial charge is 0.408 e. The molecule has 2 aromatic carbocycles. The molecule has 1 heterocycles. The van der Waals surface area contributed by atoms with Crippen LogP contribution in [-0.4, -0.2) is 10.5 Å². The molecule has 7 heteroatoms. The Morgan fingerprint density at radius 3 is 2.59 bits per heavy atom. The van der Waals surface area contributed by atoms with E-state index in [2.05, 4.69) is 5.32 Å². The number of benzene rings is 2. The molecular formula is C20H20ClFN2O3. The summed E-state index contributed by atoms with van der Waals surface area (Å²) in [5.74, 6) is -0.926. The minimum Gasteiger partial charge on any atom is -0.408 e. The first kappa shape index (κ1) is 19.2. The van der Waals surface area contributed by atoms with Gasteiger partial charge >= 0.3 is 5.76 Å². The molecule has 1 atom stereocenters. The third kappa shape index (κ3) is 4.39. The second-order valence-electron chi connectivity index (χ2n) is 6.72. The van der Waals surface area contributed by atoms with Crippen molar-refractivity contribution in [3.8, 4) is 0 Å². The van der Waals surface area contributed by atoms with Gasteiger partial charge in [-0.1, -0.05) is 37.6 Å². The van der Waals surface area contributed by atoms with Gasteiger partial charge in [0.15, 0.2) is 5.58 Å². The van der Waals surface area contributed by atoms with Crippen LogP contribution in [0.3, 0.4) is 0 Å². The zero-order chi connectivity index (χ0) is 19.6. The van der Waals surface area contributed by atoms with E-state index in [1.165, 1.54) is 16.7 Å². The SMILES string of the molecule is CC(C)[C@@H](NC(=O)CCn1c(=O)oc2cc(Cl)ccc21)c1ccc(F)cc1.